The highest BCUT2D eigenvalue weighted by Gasteiger charge is 2.46. The molecule has 1 fully saturated rings. The molecule has 132 valence electrons. The second kappa shape index (κ2) is 5.82. The van der Waals surface area contributed by atoms with Crippen molar-refractivity contribution in [2.75, 3.05) is 0 Å². The zero-order valence-corrected chi connectivity index (χ0v) is 17.0. The van der Waals surface area contributed by atoms with E-state index in [4.69, 9.17) is 0 Å². The van der Waals surface area contributed by atoms with Gasteiger partial charge in [0, 0.05) is 19.4 Å². The predicted octanol–water partition coefficient (Wildman–Crippen LogP) is 6.74. The van der Waals surface area contributed by atoms with E-state index >= 15 is 0 Å². The first-order chi connectivity index (χ1) is 12.6. The van der Waals surface area contributed by atoms with Crippen molar-refractivity contribution in [2.45, 2.75) is 49.9 Å². The first kappa shape index (κ1) is 16.3. The molecule has 0 atom stereocenters. The molecule has 0 spiro atoms. The van der Waals surface area contributed by atoms with Crippen molar-refractivity contribution in [3.63, 3.8) is 0 Å². The van der Waals surface area contributed by atoms with Crippen LogP contribution in [-0.2, 0) is 11.8 Å². The smallest absolute Gasteiger partial charge is 0.0474 e. The van der Waals surface area contributed by atoms with Crippen molar-refractivity contribution in [1.29, 1.82) is 0 Å². The van der Waals surface area contributed by atoms with Crippen LogP contribution in [0.2, 0.25) is 25.2 Å². The van der Waals surface area contributed by atoms with Gasteiger partial charge < -0.3 is 0 Å². The molecule has 0 nitrogen and oxygen atoms in total. The Bertz CT molecular complexity index is 894. The van der Waals surface area contributed by atoms with Crippen LogP contribution >= 0.6 is 0 Å². The molecule has 1 saturated heterocycles. The van der Waals surface area contributed by atoms with E-state index in [2.05, 4.69) is 79.9 Å². The van der Waals surface area contributed by atoms with Crippen molar-refractivity contribution in [3.05, 3.63) is 83.5 Å². The number of allylic oxidation sites excluding steroid dienone is 4. The fraction of sp³-hybridized carbons (Fsp3) is 0.360. The van der Waals surface area contributed by atoms with Crippen molar-refractivity contribution < 1.29 is 0 Å². The molecule has 2 aromatic rings. The number of fused-ring (bicyclic) bond motifs is 3. The Hall–Kier alpha value is -1.86. The van der Waals surface area contributed by atoms with E-state index in [1.54, 1.807) is 11.1 Å². The topological polar surface area (TPSA) is 0 Å². The number of hydrogen-bond donors (Lipinski definition) is 0. The van der Waals surface area contributed by atoms with Gasteiger partial charge in [0.2, 0.25) is 0 Å². The summed E-state index contributed by atoms with van der Waals surface area (Å²) in [7, 11) is -1.00. The van der Waals surface area contributed by atoms with Crippen LogP contribution in [0.25, 0.3) is 11.1 Å². The minimum absolute atomic E-state index is 0.305. The van der Waals surface area contributed by atoms with Crippen molar-refractivity contribution in [2.24, 2.45) is 5.92 Å². The summed E-state index contributed by atoms with van der Waals surface area (Å²) >= 11 is 0. The normalized spacial score (nSPS) is 22.4. The Morgan fingerprint density at radius 2 is 1.54 bits per heavy atom. The van der Waals surface area contributed by atoms with Gasteiger partial charge in [-0.3, -0.25) is 0 Å². The lowest BCUT2D eigenvalue weighted by atomic mass is 9.65. The summed E-state index contributed by atoms with van der Waals surface area (Å²) in [6.45, 7) is 5.17. The highest BCUT2D eigenvalue weighted by molar-refractivity contribution is 6.77. The lowest BCUT2D eigenvalue weighted by molar-refractivity contribution is 0.321. The molecule has 0 radical (unpaired) electrons. The number of benzene rings is 2. The molecule has 0 N–H and O–H groups in total. The van der Waals surface area contributed by atoms with E-state index in [0.717, 1.165) is 6.42 Å². The summed E-state index contributed by atoms with van der Waals surface area (Å²) in [6, 6.07) is 19.1. The van der Waals surface area contributed by atoms with Crippen LogP contribution in [0, 0.1) is 5.92 Å². The van der Waals surface area contributed by atoms with Gasteiger partial charge in [0.25, 0.3) is 0 Å². The van der Waals surface area contributed by atoms with Gasteiger partial charge in [-0.1, -0.05) is 92.0 Å². The summed E-state index contributed by atoms with van der Waals surface area (Å²) in [4.78, 5) is 0. The van der Waals surface area contributed by atoms with Crippen LogP contribution in [0.1, 0.15) is 29.5 Å². The Morgan fingerprint density at radius 3 is 2.31 bits per heavy atom. The predicted molar refractivity (Wildman–Crippen MR) is 114 cm³/mol. The first-order valence-corrected chi connectivity index (χ1v) is 13.6. The summed E-state index contributed by atoms with van der Waals surface area (Å²) in [5, 5.41) is 0. The van der Waals surface area contributed by atoms with Crippen molar-refractivity contribution in [3.8, 4) is 11.1 Å². The average molecular weight is 357 g/mol. The van der Waals surface area contributed by atoms with Gasteiger partial charge in [-0.25, -0.2) is 0 Å². The molecule has 2 aliphatic carbocycles. The molecule has 1 aliphatic heterocycles. The van der Waals surface area contributed by atoms with Crippen LogP contribution in [0.15, 0.2) is 66.8 Å². The third kappa shape index (κ3) is 2.40. The molecule has 2 aromatic carbocycles. The zero-order chi connectivity index (χ0) is 17.8. The van der Waals surface area contributed by atoms with Crippen LogP contribution < -0.4 is 0 Å². The van der Waals surface area contributed by atoms with Gasteiger partial charge in [-0.15, -0.1) is 0 Å². The van der Waals surface area contributed by atoms with Gasteiger partial charge in [0.05, 0.1) is 0 Å². The van der Waals surface area contributed by atoms with E-state index < -0.39 is 8.07 Å². The monoisotopic (exact) mass is 356 g/mol. The second-order valence-corrected chi connectivity index (χ2v) is 14.6. The van der Waals surface area contributed by atoms with Crippen LogP contribution in [0.3, 0.4) is 0 Å². The van der Waals surface area contributed by atoms with E-state index in [-0.39, 0.29) is 0 Å². The minimum Gasteiger partial charge on any atom is -0.0767 e. The standard InChI is InChI=1S/C25H28Si/c1-26(2)16-14-25(15-17-26,20-9-4-5-10-20)24-13-7-12-22-21-11-6-3-8-19(21)18-23(22)24/h3-13,20H,14-18H2,1-2H3. The van der Waals surface area contributed by atoms with Gasteiger partial charge in [0.1, 0.15) is 0 Å². The highest BCUT2D eigenvalue weighted by Crippen LogP contribution is 2.53. The van der Waals surface area contributed by atoms with E-state index in [1.165, 1.54) is 41.6 Å². The van der Waals surface area contributed by atoms with Gasteiger partial charge in [-0.05, 0) is 47.1 Å². The Morgan fingerprint density at radius 1 is 0.846 bits per heavy atom. The molecule has 1 heterocycles. The lowest BCUT2D eigenvalue weighted by Gasteiger charge is -2.47. The second-order valence-electron chi connectivity index (χ2n) is 9.28. The van der Waals surface area contributed by atoms with Gasteiger partial charge in [0.15, 0.2) is 0 Å². The molecule has 0 saturated carbocycles. The summed E-state index contributed by atoms with van der Waals surface area (Å²) < 4.78 is 0. The molecular weight excluding hydrogens is 328 g/mol. The number of hydrogen-bond acceptors (Lipinski definition) is 0. The molecule has 0 aromatic heterocycles. The number of rotatable bonds is 2. The quantitative estimate of drug-likeness (QED) is 0.446. The van der Waals surface area contributed by atoms with E-state index in [1.807, 2.05) is 0 Å². The van der Waals surface area contributed by atoms with Gasteiger partial charge >= 0.3 is 0 Å². The average Bonchev–Trinajstić information content (AvgIpc) is 3.30. The van der Waals surface area contributed by atoms with Crippen LogP contribution in [0.4, 0.5) is 0 Å². The summed E-state index contributed by atoms with van der Waals surface area (Å²) in [5.41, 5.74) is 8.03. The van der Waals surface area contributed by atoms with Gasteiger partial charge in [-0.2, -0.15) is 0 Å². The highest BCUT2D eigenvalue weighted by atomic mass is 28.3. The third-order valence-electron chi connectivity index (χ3n) is 7.27. The third-order valence-corrected chi connectivity index (χ3v) is 10.5. The Kier molecular flexibility index (Phi) is 3.65. The zero-order valence-electron chi connectivity index (χ0n) is 16.0. The molecular formula is C25H28Si. The SMILES string of the molecule is C[Si]1(C)CCC(c2cccc3c2Cc2ccccc2-3)(C2C=CC=C2)CC1. The molecule has 0 bridgehead atoms. The molecule has 5 rings (SSSR count). The summed E-state index contributed by atoms with van der Waals surface area (Å²) in [6.07, 6.45) is 13.3. The minimum atomic E-state index is -1.00. The first-order valence-electron chi connectivity index (χ1n) is 10.1. The molecule has 3 aliphatic rings. The Balaban J connectivity index is 1.65. The maximum absolute atomic E-state index is 2.59. The fourth-order valence-corrected chi connectivity index (χ4v) is 8.07. The molecule has 26 heavy (non-hydrogen) atoms. The van der Waals surface area contributed by atoms with Crippen LogP contribution in [0.5, 0.6) is 0 Å². The van der Waals surface area contributed by atoms with Crippen molar-refractivity contribution in [1.82, 2.24) is 0 Å². The maximum Gasteiger partial charge on any atom is 0.0474 e. The lowest BCUT2D eigenvalue weighted by Crippen LogP contribution is -2.43. The molecule has 1 heteroatoms. The fourth-order valence-electron chi connectivity index (χ4n) is 5.58. The van der Waals surface area contributed by atoms with E-state index in [0.29, 0.717) is 11.3 Å². The van der Waals surface area contributed by atoms with Crippen molar-refractivity contribution >= 4 is 8.07 Å². The van der Waals surface area contributed by atoms with Crippen LogP contribution in [-0.4, -0.2) is 8.07 Å². The maximum atomic E-state index is 2.59. The molecule has 0 amide bonds. The van der Waals surface area contributed by atoms with E-state index in [9.17, 15) is 0 Å². The largest absolute Gasteiger partial charge is 0.0767 e. The Labute approximate surface area is 158 Å². The summed E-state index contributed by atoms with van der Waals surface area (Å²) in [5.74, 6) is 0.572. The molecule has 0 unspecified atom stereocenters.